The Kier molecular flexibility index (Phi) is 4.42. The first-order valence-corrected chi connectivity index (χ1v) is 9.98. The van der Waals surface area contributed by atoms with Gasteiger partial charge in [0, 0.05) is 61.5 Å². The Hall–Kier alpha value is -2.28. The number of nitrogens with zero attached hydrogens (tertiary/aromatic N) is 2. The van der Waals surface area contributed by atoms with Gasteiger partial charge in [-0.15, -0.1) is 0 Å². The normalized spacial score (nSPS) is 18.9. The Morgan fingerprint density at radius 1 is 1.25 bits per heavy atom. The van der Waals surface area contributed by atoms with Gasteiger partial charge in [0.25, 0.3) is 5.91 Å². The highest BCUT2D eigenvalue weighted by Gasteiger charge is 2.36. The standard InChI is InChI=1S/C20H18Cl2N4O2/c21-14-9-11-10-15(20(27)26-7-5-23-6-8-26)28-18(11)16(17(14)22)12-1-3-24-19-13(12)2-4-25-19/h1-4,9,15,23H,5-8,10H2,(H,24,25)/t15-/m0/s1. The molecule has 0 radical (unpaired) electrons. The highest BCUT2D eigenvalue weighted by molar-refractivity contribution is 6.44. The Morgan fingerprint density at radius 3 is 2.89 bits per heavy atom. The summed E-state index contributed by atoms with van der Waals surface area (Å²) in [4.78, 5) is 22.2. The number of fused-ring (bicyclic) bond motifs is 2. The van der Waals surface area contributed by atoms with Crippen LogP contribution in [0, 0.1) is 0 Å². The highest BCUT2D eigenvalue weighted by Crippen LogP contribution is 2.48. The van der Waals surface area contributed by atoms with Crippen LogP contribution in [0.4, 0.5) is 0 Å². The molecule has 0 bridgehead atoms. The number of rotatable bonds is 2. The molecule has 1 aromatic carbocycles. The molecule has 0 saturated carbocycles. The summed E-state index contributed by atoms with van der Waals surface area (Å²) in [5.41, 5.74) is 3.25. The van der Waals surface area contributed by atoms with E-state index in [1.54, 1.807) is 6.20 Å². The average Bonchev–Trinajstić information content (AvgIpc) is 3.36. The van der Waals surface area contributed by atoms with Crippen LogP contribution in [0.3, 0.4) is 0 Å². The number of hydrogen-bond donors (Lipinski definition) is 2. The van der Waals surface area contributed by atoms with E-state index >= 15 is 0 Å². The Bertz CT molecular complexity index is 1080. The van der Waals surface area contributed by atoms with Crippen LogP contribution in [0.1, 0.15) is 5.56 Å². The summed E-state index contributed by atoms with van der Waals surface area (Å²) in [6.07, 6.45) is 3.49. The van der Waals surface area contributed by atoms with Gasteiger partial charge in [-0.05, 0) is 23.8 Å². The first kappa shape index (κ1) is 17.8. The van der Waals surface area contributed by atoms with Crippen molar-refractivity contribution in [3.8, 4) is 16.9 Å². The third kappa shape index (κ3) is 2.83. The Balaban J connectivity index is 1.57. The maximum absolute atomic E-state index is 12.9. The summed E-state index contributed by atoms with van der Waals surface area (Å²) in [6, 6.07) is 5.64. The first-order valence-electron chi connectivity index (χ1n) is 9.23. The molecular weight excluding hydrogens is 399 g/mol. The van der Waals surface area contributed by atoms with Gasteiger partial charge in [-0.3, -0.25) is 4.79 Å². The minimum Gasteiger partial charge on any atom is -0.479 e. The van der Waals surface area contributed by atoms with Gasteiger partial charge in [-0.1, -0.05) is 23.2 Å². The fraction of sp³-hybridized carbons (Fsp3) is 0.300. The van der Waals surface area contributed by atoms with E-state index in [2.05, 4.69) is 15.3 Å². The molecule has 2 aliphatic rings. The van der Waals surface area contributed by atoms with E-state index in [0.717, 1.165) is 35.2 Å². The monoisotopic (exact) mass is 416 g/mol. The van der Waals surface area contributed by atoms with Gasteiger partial charge in [0.15, 0.2) is 6.10 Å². The van der Waals surface area contributed by atoms with E-state index in [0.29, 0.717) is 40.9 Å². The molecule has 6 nitrogen and oxygen atoms in total. The number of hydrogen-bond acceptors (Lipinski definition) is 4. The average molecular weight is 417 g/mol. The van der Waals surface area contributed by atoms with E-state index in [4.69, 9.17) is 27.9 Å². The van der Waals surface area contributed by atoms with Crippen molar-refractivity contribution in [2.24, 2.45) is 0 Å². The lowest BCUT2D eigenvalue weighted by Gasteiger charge is -2.29. The second-order valence-electron chi connectivity index (χ2n) is 7.02. The molecule has 3 aromatic rings. The lowest BCUT2D eigenvalue weighted by Crippen LogP contribution is -2.50. The zero-order valence-corrected chi connectivity index (χ0v) is 16.5. The number of H-pyrrole nitrogens is 1. The zero-order valence-electron chi connectivity index (χ0n) is 15.0. The van der Waals surface area contributed by atoms with Gasteiger partial charge >= 0.3 is 0 Å². The van der Waals surface area contributed by atoms with Crippen molar-refractivity contribution in [2.45, 2.75) is 12.5 Å². The number of ether oxygens (including phenoxy) is 1. The number of aromatic nitrogens is 2. The van der Waals surface area contributed by atoms with E-state index in [1.807, 2.05) is 29.3 Å². The van der Waals surface area contributed by atoms with E-state index in [-0.39, 0.29) is 5.91 Å². The van der Waals surface area contributed by atoms with Crippen molar-refractivity contribution in [3.63, 3.8) is 0 Å². The molecule has 2 aliphatic heterocycles. The van der Waals surface area contributed by atoms with Crippen molar-refractivity contribution >= 4 is 40.1 Å². The van der Waals surface area contributed by atoms with Crippen LogP contribution in [-0.2, 0) is 11.2 Å². The minimum absolute atomic E-state index is 0.0115. The highest BCUT2D eigenvalue weighted by atomic mass is 35.5. The number of nitrogens with one attached hydrogen (secondary N) is 2. The van der Waals surface area contributed by atoms with Crippen LogP contribution in [0.2, 0.25) is 10.0 Å². The van der Waals surface area contributed by atoms with Crippen LogP contribution >= 0.6 is 23.2 Å². The molecular formula is C20H18Cl2N4O2. The van der Waals surface area contributed by atoms with Gasteiger partial charge in [0.05, 0.1) is 10.0 Å². The Morgan fingerprint density at radius 2 is 2.07 bits per heavy atom. The largest absolute Gasteiger partial charge is 0.479 e. The molecule has 0 unspecified atom stereocenters. The molecule has 2 N–H and O–H groups in total. The molecule has 144 valence electrons. The second kappa shape index (κ2) is 6.95. The lowest BCUT2D eigenvalue weighted by atomic mass is 9.99. The molecule has 5 rings (SSSR count). The maximum atomic E-state index is 12.9. The number of halogens is 2. The van der Waals surface area contributed by atoms with Gasteiger partial charge in [-0.2, -0.15) is 0 Å². The SMILES string of the molecule is O=C([C@@H]1Cc2cc(Cl)c(Cl)c(-c3ccnc4[nH]ccc34)c2O1)N1CCNCC1. The summed E-state index contributed by atoms with van der Waals surface area (Å²) in [7, 11) is 0. The van der Waals surface area contributed by atoms with Crippen LogP contribution < -0.4 is 10.1 Å². The topological polar surface area (TPSA) is 70.2 Å². The summed E-state index contributed by atoms with van der Waals surface area (Å²) in [6.45, 7) is 2.99. The van der Waals surface area contributed by atoms with Crippen molar-refractivity contribution < 1.29 is 9.53 Å². The molecule has 1 atom stereocenters. The molecule has 8 heteroatoms. The van der Waals surface area contributed by atoms with Crippen LogP contribution in [0.25, 0.3) is 22.2 Å². The van der Waals surface area contributed by atoms with E-state index < -0.39 is 6.10 Å². The predicted octanol–water partition coefficient (Wildman–Crippen LogP) is 3.27. The lowest BCUT2D eigenvalue weighted by molar-refractivity contribution is -0.138. The molecule has 1 fully saturated rings. The maximum Gasteiger partial charge on any atom is 0.264 e. The Labute approximate surface area is 171 Å². The van der Waals surface area contributed by atoms with E-state index in [9.17, 15) is 4.79 Å². The quantitative estimate of drug-likeness (QED) is 0.672. The van der Waals surface area contributed by atoms with Gasteiger partial charge in [0.1, 0.15) is 11.4 Å². The summed E-state index contributed by atoms with van der Waals surface area (Å²) >= 11 is 13.0. The van der Waals surface area contributed by atoms with Gasteiger partial charge in [0.2, 0.25) is 0 Å². The molecule has 0 aliphatic carbocycles. The smallest absolute Gasteiger partial charge is 0.264 e. The third-order valence-electron chi connectivity index (χ3n) is 5.35. The van der Waals surface area contributed by atoms with Crippen molar-refractivity contribution in [1.82, 2.24) is 20.2 Å². The molecule has 0 spiro atoms. The van der Waals surface area contributed by atoms with Crippen molar-refractivity contribution in [3.05, 3.63) is 46.2 Å². The van der Waals surface area contributed by atoms with Gasteiger partial charge in [-0.25, -0.2) is 4.98 Å². The van der Waals surface area contributed by atoms with Crippen LogP contribution in [0.15, 0.2) is 30.6 Å². The van der Waals surface area contributed by atoms with Crippen molar-refractivity contribution in [1.29, 1.82) is 0 Å². The predicted molar refractivity (Wildman–Crippen MR) is 109 cm³/mol. The van der Waals surface area contributed by atoms with Crippen molar-refractivity contribution in [2.75, 3.05) is 26.2 Å². The second-order valence-corrected chi connectivity index (χ2v) is 7.81. The van der Waals surface area contributed by atoms with E-state index in [1.165, 1.54) is 0 Å². The van der Waals surface area contributed by atoms with Crippen LogP contribution in [-0.4, -0.2) is 53.1 Å². The molecule has 1 amide bonds. The fourth-order valence-electron chi connectivity index (χ4n) is 3.98. The molecule has 28 heavy (non-hydrogen) atoms. The number of pyridine rings is 1. The number of benzene rings is 1. The summed E-state index contributed by atoms with van der Waals surface area (Å²) in [5, 5.41) is 5.06. The molecule has 4 heterocycles. The number of carbonyl (C=O) groups is 1. The molecule has 2 aromatic heterocycles. The fourth-order valence-corrected chi connectivity index (χ4v) is 4.45. The first-order chi connectivity index (χ1) is 13.6. The third-order valence-corrected chi connectivity index (χ3v) is 6.14. The minimum atomic E-state index is -0.551. The molecule has 1 saturated heterocycles. The zero-order chi connectivity index (χ0) is 19.3. The number of amides is 1. The van der Waals surface area contributed by atoms with Gasteiger partial charge < -0.3 is 19.9 Å². The number of carbonyl (C=O) groups excluding carboxylic acids is 1. The number of piperazine rings is 1. The number of aromatic amines is 1. The summed E-state index contributed by atoms with van der Waals surface area (Å²) < 4.78 is 6.18. The summed E-state index contributed by atoms with van der Waals surface area (Å²) in [5.74, 6) is 0.647. The van der Waals surface area contributed by atoms with Crippen LogP contribution in [0.5, 0.6) is 5.75 Å².